The first-order valence-corrected chi connectivity index (χ1v) is 5.88. The third-order valence-corrected chi connectivity index (χ3v) is 3.83. The van der Waals surface area contributed by atoms with Crippen LogP contribution >= 0.6 is 0 Å². The Morgan fingerprint density at radius 1 is 1.14 bits per heavy atom. The van der Waals surface area contributed by atoms with E-state index in [4.69, 9.17) is 0 Å². The average molecular weight is 197 g/mol. The maximum absolute atomic E-state index is 3.35. The molecule has 0 aliphatic carbocycles. The van der Waals surface area contributed by atoms with Gasteiger partial charge in [0.05, 0.1) is 0 Å². The molecule has 2 aliphatic rings. The van der Waals surface area contributed by atoms with E-state index in [1.165, 1.54) is 45.4 Å². The lowest BCUT2D eigenvalue weighted by Crippen LogP contribution is -2.58. The number of likely N-dealkylation sites (N-methyl/N-ethyl adjacent to an activating group) is 1. The van der Waals surface area contributed by atoms with Gasteiger partial charge in [-0.15, -0.1) is 0 Å². The first-order chi connectivity index (χ1) is 6.77. The van der Waals surface area contributed by atoms with Crippen LogP contribution in [0.3, 0.4) is 0 Å². The van der Waals surface area contributed by atoms with E-state index in [-0.39, 0.29) is 0 Å². The molecule has 2 saturated heterocycles. The van der Waals surface area contributed by atoms with Gasteiger partial charge in [-0.2, -0.15) is 0 Å². The molecule has 1 unspecified atom stereocenters. The van der Waals surface area contributed by atoms with E-state index in [9.17, 15) is 0 Å². The minimum atomic E-state index is 0.809. The van der Waals surface area contributed by atoms with Crippen molar-refractivity contribution < 1.29 is 0 Å². The standard InChI is InChI=1S/C11H23N3/c1-13-6-3-4-10(5-7-13)14(2)11-8-12-9-11/h10-12H,3-9H2,1-2H3. The smallest absolute Gasteiger partial charge is 0.0345 e. The molecule has 0 amide bonds. The summed E-state index contributed by atoms with van der Waals surface area (Å²) in [7, 11) is 4.55. The Kier molecular flexibility index (Phi) is 3.42. The number of nitrogens with zero attached hydrogens (tertiary/aromatic N) is 2. The van der Waals surface area contributed by atoms with Crippen molar-refractivity contribution >= 4 is 0 Å². The van der Waals surface area contributed by atoms with Gasteiger partial charge in [-0.05, 0) is 46.4 Å². The SMILES string of the molecule is CN1CCCC(N(C)C2CNC2)CC1. The summed E-state index contributed by atoms with van der Waals surface area (Å²) in [6.07, 6.45) is 4.10. The topological polar surface area (TPSA) is 18.5 Å². The maximum atomic E-state index is 3.35. The average Bonchev–Trinajstić information content (AvgIpc) is 2.26. The molecule has 0 radical (unpaired) electrons. The van der Waals surface area contributed by atoms with Gasteiger partial charge in [0.1, 0.15) is 0 Å². The first-order valence-electron chi connectivity index (χ1n) is 5.88. The van der Waals surface area contributed by atoms with Crippen molar-refractivity contribution in [3.8, 4) is 0 Å². The molecule has 0 bridgehead atoms. The van der Waals surface area contributed by atoms with Crippen molar-refractivity contribution in [3.63, 3.8) is 0 Å². The molecule has 1 N–H and O–H groups in total. The molecule has 2 rings (SSSR count). The molecule has 0 aromatic carbocycles. The van der Waals surface area contributed by atoms with Gasteiger partial charge in [-0.1, -0.05) is 0 Å². The first kappa shape index (κ1) is 10.4. The highest BCUT2D eigenvalue weighted by Gasteiger charge is 2.27. The van der Waals surface area contributed by atoms with Crippen LogP contribution in [0.1, 0.15) is 19.3 Å². The van der Waals surface area contributed by atoms with Gasteiger partial charge in [0.2, 0.25) is 0 Å². The highest BCUT2D eigenvalue weighted by molar-refractivity contribution is 4.87. The van der Waals surface area contributed by atoms with Gasteiger partial charge in [-0.25, -0.2) is 0 Å². The molecular formula is C11H23N3. The van der Waals surface area contributed by atoms with Gasteiger partial charge < -0.3 is 10.2 Å². The second-order valence-electron chi connectivity index (χ2n) is 4.87. The second kappa shape index (κ2) is 4.60. The molecule has 1 atom stereocenters. The normalized spacial score (nSPS) is 31.5. The molecule has 82 valence electrons. The van der Waals surface area contributed by atoms with E-state index in [1.54, 1.807) is 0 Å². The van der Waals surface area contributed by atoms with Crippen LogP contribution in [-0.2, 0) is 0 Å². The van der Waals surface area contributed by atoms with E-state index in [2.05, 4.69) is 29.2 Å². The summed E-state index contributed by atoms with van der Waals surface area (Å²) in [5.74, 6) is 0. The Balaban J connectivity index is 1.83. The lowest BCUT2D eigenvalue weighted by atomic mass is 10.0. The molecule has 2 heterocycles. The van der Waals surface area contributed by atoms with Gasteiger partial charge >= 0.3 is 0 Å². The van der Waals surface area contributed by atoms with Crippen molar-refractivity contribution in [3.05, 3.63) is 0 Å². The zero-order chi connectivity index (χ0) is 9.97. The van der Waals surface area contributed by atoms with E-state index >= 15 is 0 Å². The largest absolute Gasteiger partial charge is 0.314 e. The third kappa shape index (κ3) is 2.27. The number of nitrogens with one attached hydrogen (secondary N) is 1. The summed E-state index contributed by atoms with van der Waals surface area (Å²) >= 11 is 0. The highest BCUT2D eigenvalue weighted by atomic mass is 15.2. The summed E-state index contributed by atoms with van der Waals surface area (Å²) < 4.78 is 0. The van der Waals surface area contributed by atoms with Crippen LogP contribution in [0.15, 0.2) is 0 Å². The Labute approximate surface area is 87.4 Å². The highest BCUT2D eigenvalue weighted by Crippen LogP contribution is 2.18. The van der Waals surface area contributed by atoms with Crippen molar-refractivity contribution in [2.24, 2.45) is 0 Å². The van der Waals surface area contributed by atoms with Crippen molar-refractivity contribution in [2.75, 3.05) is 40.3 Å². The number of likely N-dealkylation sites (tertiary alicyclic amines) is 1. The van der Waals surface area contributed by atoms with Gasteiger partial charge in [0.15, 0.2) is 0 Å². The van der Waals surface area contributed by atoms with Crippen LogP contribution in [-0.4, -0.2) is 62.2 Å². The Hall–Kier alpha value is -0.120. The van der Waals surface area contributed by atoms with E-state index in [0.29, 0.717) is 0 Å². The van der Waals surface area contributed by atoms with Crippen LogP contribution in [0.5, 0.6) is 0 Å². The van der Waals surface area contributed by atoms with Crippen LogP contribution in [0.4, 0.5) is 0 Å². The summed E-state index contributed by atoms with van der Waals surface area (Å²) in [6, 6.07) is 1.63. The summed E-state index contributed by atoms with van der Waals surface area (Å²) in [5, 5.41) is 3.35. The maximum Gasteiger partial charge on any atom is 0.0345 e. The number of hydrogen-bond acceptors (Lipinski definition) is 3. The monoisotopic (exact) mass is 197 g/mol. The summed E-state index contributed by atoms with van der Waals surface area (Å²) in [4.78, 5) is 5.07. The van der Waals surface area contributed by atoms with Crippen LogP contribution in [0, 0.1) is 0 Å². The summed E-state index contributed by atoms with van der Waals surface area (Å²) in [5.41, 5.74) is 0. The predicted octanol–water partition coefficient (Wildman–Crippen LogP) is 0.374. The zero-order valence-electron chi connectivity index (χ0n) is 9.50. The number of hydrogen-bond donors (Lipinski definition) is 1. The molecule has 0 saturated carbocycles. The fraction of sp³-hybridized carbons (Fsp3) is 1.00. The van der Waals surface area contributed by atoms with Crippen molar-refractivity contribution in [1.82, 2.24) is 15.1 Å². The minimum absolute atomic E-state index is 0.809. The molecule has 0 aromatic rings. The molecule has 2 aliphatic heterocycles. The molecule has 3 heteroatoms. The Morgan fingerprint density at radius 2 is 1.93 bits per heavy atom. The Morgan fingerprint density at radius 3 is 2.57 bits per heavy atom. The molecular weight excluding hydrogens is 174 g/mol. The van der Waals surface area contributed by atoms with Gasteiger partial charge in [-0.3, -0.25) is 4.90 Å². The predicted molar refractivity (Wildman–Crippen MR) is 59.6 cm³/mol. The second-order valence-corrected chi connectivity index (χ2v) is 4.87. The van der Waals surface area contributed by atoms with E-state index < -0.39 is 0 Å². The van der Waals surface area contributed by atoms with Crippen molar-refractivity contribution in [2.45, 2.75) is 31.3 Å². The van der Waals surface area contributed by atoms with Crippen LogP contribution in [0.2, 0.25) is 0 Å². The zero-order valence-corrected chi connectivity index (χ0v) is 9.50. The fourth-order valence-corrected chi connectivity index (χ4v) is 2.49. The summed E-state index contributed by atoms with van der Waals surface area (Å²) in [6.45, 7) is 4.95. The molecule has 2 fully saturated rings. The van der Waals surface area contributed by atoms with E-state index in [0.717, 1.165) is 12.1 Å². The van der Waals surface area contributed by atoms with Gasteiger partial charge in [0.25, 0.3) is 0 Å². The molecule has 0 aromatic heterocycles. The van der Waals surface area contributed by atoms with Crippen LogP contribution in [0.25, 0.3) is 0 Å². The lowest BCUT2D eigenvalue weighted by Gasteiger charge is -2.40. The van der Waals surface area contributed by atoms with Crippen LogP contribution < -0.4 is 5.32 Å². The van der Waals surface area contributed by atoms with Gasteiger partial charge in [0, 0.05) is 25.2 Å². The molecule has 0 spiro atoms. The third-order valence-electron chi connectivity index (χ3n) is 3.83. The Bertz CT molecular complexity index is 179. The van der Waals surface area contributed by atoms with E-state index in [1.807, 2.05) is 0 Å². The van der Waals surface area contributed by atoms with Crippen molar-refractivity contribution in [1.29, 1.82) is 0 Å². The quantitative estimate of drug-likeness (QED) is 0.690. The molecule has 14 heavy (non-hydrogen) atoms. The number of rotatable bonds is 2. The minimum Gasteiger partial charge on any atom is -0.314 e. The molecule has 3 nitrogen and oxygen atoms in total. The fourth-order valence-electron chi connectivity index (χ4n) is 2.49. The lowest BCUT2D eigenvalue weighted by molar-refractivity contribution is 0.117.